The topological polar surface area (TPSA) is 73.9 Å². The minimum Gasteiger partial charge on any atom is -0.378 e. The number of hydrogen-bond acceptors (Lipinski definition) is 6. The molecule has 1 aliphatic rings. The van der Waals surface area contributed by atoms with Crippen LogP contribution in [0.2, 0.25) is 5.02 Å². The van der Waals surface area contributed by atoms with Crippen LogP contribution in [0.4, 0.5) is 32.2 Å². The highest BCUT2D eigenvalue weighted by molar-refractivity contribution is 6.31. The zero-order chi connectivity index (χ0) is 29.5. The van der Waals surface area contributed by atoms with Gasteiger partial charge in [0.05, 0.1) is 36.9 Å². The smallest absolute Gasteiger partial charge is 0.378 e. The van der Waals surface area contributed by atoms with Gasteiger partial charge in [0.25, 0.3) is 0 Å². The van der Waals surface area contributed by atoms with E-state index in [1.165, 1.54) is 4.68 Å². The fraction of sp³-hybridized carbons (Fsp3) is 0.385. The quantitative estimate of drug-likeness (QED) is 0.252. The predicted molar refractivity (Wildman–Crippen MR) is 138 cm³/mol. The summed E-state index contributed by atoms with van der Waals surface area (Å²) < 4.78 is 89.6. The van der Waals surface area contributed by atoms with Crippen molar-refractivity contribution >= 4 is 17.4 Å². The predicted octanol–water partition coefficient (Wildman–Crippen LogP) is 6.03. The maximum absolute atomic E-state index is 13.5. The molecule has 1 atom stereocenters. The molecule has 5 rings (SSSR count). The molecule has 2 aromatic carbocycles. The Bertz CT molecular complexity index is 1510. The lowest BCUT2D eigenvalue weighted by Gasteiger charge is -2.29. The summed E-state index contributed by atoms with van der Waals surface area (Å²) >= 11 is 6.46. The summed E-state index contributed by atoms with van der Waals surface area (Å²) in [4.78, 5) is 1.87. The molecule has 0 amide bonds. The van der Waals surface area contributed by atoms with Gasteiger partial charge in [-0.3, -0.25) is 0 Å². The maximum atomic E-state index is 13.5. The lowest BCUT2D eigenvalue weighted by Crippen LogP contribution is -2.38. The highest BCUT2D eigenvalue weighted by Crippen LogP contribution is 2.38. The third-order valence-electron chi connectivity index (χ3n) is 6.82. The van der Waals surface area contributed by atoms with Crippen molar-refractivity contribution in [3.63, 3.8) is 0 Å². The average Bonchev–Trinajstić information content (AvgIpc) is 3.51. The Morgan fingerprint density at radius 3 is 2.17 bits per heavy atom. The van der Waals surface area contributed by atoms with Crippen LogP contribution in [-0.2, 0) is 23.6 Å². The summed E-state index contributed by atoms with van der Waals surface area (Å²) in [5, 5.41) is 17.5. The third-order valence-corrected chi connectivity index (χ3v) is 7.16. The largest absolute Gasteiger partial charge is 0.416 e. The van der Waals surface area contributed by atoms with Crippen LogP contribution in [0.15, 0.2) is 42.5 Å². The zero-order valence-electron chi connectivity index (χ0n) is 21.8. The monoisotopic (exact) mass is 599 g/mol. The van der Waals surface area contributed by atoms with Crippen molar-refractivity contribution in [3.8, 4) is 11.5 Å². The van der Waals surface area contributed by atoms with E-state index in [0.717, 1.165) is 5.56 Å². The fourth-order valence-electron chi connectivity index (χ4n) is 4.88. The van der Waals surface area contributed by atoms with Crippen LogP contribution < -0.4 is 4.90 Å². The lowest BCUT2D eigenvalue weighted by atomic mass is 10.0. The Morgan fingerprint density at radius 1 is 0.927 bits per heavy atom. The van der Waals surface area contributed by atoms with Gasteiger partial charge in [0.15, 0.2) is 17.3 Å². The summed E-state index contributed by atoms with van der Waals surface area (Å²) in [6.07, 6.45) is -9.95. The Hall–Kier alpha value is -3.65. The third kappa shape index (κ3) is 5.89. The van der Waals surface area contributed by atoms with Crippen molar-refractivity contribution in [2.75, 3.05) is 31.2 Å². The molecule has 1 fully saturated rings. The van der Waals surface area contributed by atoms with Crippen LogP contribution in [0.5, 0.6) is 0 Å². The SMILES string of the molecule is Cc1nnc(-c2nnn(Cc3cc(C(F)(F)F)cc(C(F)(F)F)c3)c2N2CCOCC2)n1[C@H](C)c1ccccc1Cl. The first kappa shape index (κ1) is 28.9. The normalized spacial score (nSPS) is 15.4. The number of alkyl halides is 6. The highest BCUT2D eigenvalue weighted by Gasteiger charge is 2.37. The fourth-order valence-corrected chi connectivity index (χ4v) is 5.17. The van der Waals surface area contributed by atoms with E-state index in [1.54, 1.807) is 19.1 Å². The van der Waals surface area contributed by atoms with E-state index in [9.17, 15) is 26.3 Å². The van der Waals surface area contributed by atoms with Gasteiger partial charge in [-0.1, -0.05) is 35.0 Å². The molecule has 2 aromatic heterocycles. The average molecular weight is 600 g/mol. The van der Waals surface area contributed by atoms with Crippen LogP contribution in [0.3, 0.4) is 0 Å². The molecule has 41 heavy (non-hydrogen) atoms. The number of benzene rings is 2. The summed E-state index contributed by atoms with van der Waals surface area (Å²) in [5.74, 6) is 1.24. The van der Waals surface area contributed by atoms with E-state index in [0.29, 0.717) is 60.9 Å². The second-order valence-corrected chi connectivity index (χ2v) is 9.98. The van der Waals surface area contributed by atoms with Crippen molar-refractivity contribution in [2.45, 2.75) is 38.8 Å². The van der Waals surface area contributed by atoms with Crippen LogP contribution in [0.1, 0.15) is 41.0 Å². The molecule has 0 N–H and O–H groups in total. The number of rotatable bonds is 6. The number of anilines is 1. The zero-order valence-corrected chi connectivity index (χ0v) is 22.6. The number of aryl methyl sites for hydroxylation is 1. The molecule has 4 aromatic rings. The van der Waals surface area contributed by atoms with Gasteiger partial charge in [0.1, 0.15) is 5.82 Å². The second-order valence-electron chi connectivity index (χ2n) is 9.57. The van der Waals surface area contributed by atoms with E-state index >= 15 is 0 Å². The van der Waals surface area contributed by atoms with Gasteiger partial charge < -0.3 is 14.2 Å². The standard InChI is InChI=1S/C26H24ClF6N7O/c1-15(20-5-3-4-6-21(20)27)40-16(2)34-36-23(40)22-24(38-7-9-41-10-8-38)39(37-35-22)14-17-11-18(25(28,29)30)13-19(12-17)26(31,32)33/h3-6,11-13,15H,7-10,14H2,1-2H3/t15-/m1/s1. The number of aromatic nitrogens is 6. The van der Waals surface area contributed by atoms with Gasteiger partial charge in [-0.15, -0.1) is 15.3 Å². The molecule has 0 saturated carbocycles. The van der Waals surface area contributed by atoms with E-state index in [4.69, 9.17) is 16.3 Å². The number of halogens is 7. The van der Waals surface area contributed by atoms with Crippen molar-refractivity contribution in [1.82, 2.24) is 29.8 Å². The molecule has 8 nitrogen and oxygen atoms in total. The molecule has 0 aliphatic carbocycles. The second kappa shape index (κ2) is 11.0. The van der Waals surface area contributed by atoms with Gasteiger partial charge in [0, 0.05) is 18.1 Å². The van der Waals surface area contributed by atoms with Crippen molar-refractivity contribution in [3.05, 3.63) is 75.6 Å². The minimum atomic E-state index is -4.97. The molecule has 0 unspecified atom stereocenters. The van der Waals surface area contributed by atoms with Crippen molar-refractivity contribution in [2.24, 2.45) is 0 Å². The van der Waals surface area contributed by atoms with Gasteiger partial charge in [-0.2, -0.15) is 26.3 Å². The van der Waals surface area contributed by atoms with Crippen LogP contribution >= 0.6 is 11.6 Å². The summed E-state index contributed by atoms with van der Waals surface area (Å²) in [6.45, 7) is 4.75. The molecule has 3 heterocycles. The number of hydrogen-bond donors (Lipinski definition) is 0. The number of nitrogens with zero attached hydrogens (tertiary/aromatic N) is 7. The number of morpholine rings is 1. The van der Waals surface area contributed by atoms with Gasteiger partial charge in [-0.25, -0.2) is 4.68 Å². The Morgan fingerprint density at radius 2 is 1.56 bits per heavy atom. The molecular weight excluding hydrogens is 576 g/mol. The summed E-state index contributed by atoms with van der Waals surface area (Å²) in [5.41, 5.74) is -1.98. The van der Waals surface area contributed by atoms with Crippen LogP contribution in [-0.4, -0.2) is 56.1 Å². The molecule has 218 valence electrons. The van der Waals surface area contributed by atoms with Crippen LogP contribution in [0, 0.1) is 6.92 Å². The molecule has 1 aliphatic heterocycles. The van der Waals surface area contributed by atoms with Crippen molar-refractivity contribution in [1.29, 1.82) is 0 Å². The van der Waals surface area contributed by atoms with Gasteiger partial charge in [0.2, 0.25) is 0 Å². The van der Waals surface area contributed by atoms with Gasteiger partial charge in [-0.05, 0) is 49.2 Å². The molecule has 0 spiro atoms. The first-order valence-electron chi connectivity index (χ1n) is 12.6. The molecule has 1 saturated heterocycles. The highest BCUT2D eigenvalue weighted by atomic mass is 35.5. The Labute approximate surface area is 235 Å². The first-order chi connectivity index (χ1) is 19.3. The lowest BCUT2D eigenvalue weighted by molar-refractivity contribution is -0.143. The molecular formula is C26H24ClF6N7O. The summed E-state index contributed by atoms with van der Waals surface area (Å²) in [6, 6.07) is 8.40. The molecule has 0 bridgehead atoms. The van der Waals surface area contributed by atoms with Crippen LogP contribution in [0.25, 0.3) is 11.5 Å². The van der Waals surface area contributed by atoms with Crippen molar-refractivity contribution < 1.29 is 31.1 Å². The molecule has 15 heteroatoms. The Kier molecular flexibility index (Phi) is 7.72. The van der Waals surface area contributed by atoms with E-state index < -0.39 is 30.0 Å². The van der Waals surface area contributed by atoms with Gasteiger partial charge >= 0.3 is 12.4 Å². The van der Waals surface area contributed by atoms with E-state index in [2.05, 4.69) is 20.5 Å². The van der Waals surface area contributed by atoms with E-state index in [1.807, 2.05) is 28.5 Å². The minimum absolute atomic E-state index is 0.0977. The first-order valence-corrected chi connectivity index (χ1v) is 12.9. The Balaban J connectivity index is 1.62. The maximum Gasteiger partial charge on any atom is 0.416 e. The molecule has 0 radical (unpaired) electrons. The number of ether oxygens (including phenoxy) is 1. The summed E-state index contributed by atoms with van der Waals surface area (Å²) in [7, 11) is 0. The van der Waals surface area contributed by atoms with E-state index in [-0.39, 0.29) is 23.4 Å².